The largest absolute Gasteiger partial charge is 0.416 e. The minimum absolute atomic E-state index is 0.0233. The fraction of sp³-hybridized carbons (Fsp3) is 0.167. The highest BCUT2D eigenvalue weighted by molar-refractivity contribution is 7.99. The van der Waals surface area contributed by atoms with E-state index in [0.29, 0.717) is 16.0 Å². The summed E-state index contributed by atoms with van der Waals surface area (Å²) in [4.78, 5) is 12.1. The molecule has 0 bridgehead atoms. The van der Waals surface area contributed by atoms with Crippen molar-refractivity contribution in [1.29, 1.82) is 0 Å². The molecule has 1 aromatic heterocycles. The van der Waals surface area contributed by atoms with Gasteiger partial charge in [0.25, 0.3) is 0 Å². The lowest BCUT2D eigenvalue weighted by atomic mass is 10.2. The molecule has 10 heteroatoms. The van der Waals surface area contributed by atoms with E-state index in [4.69, 9.17) is 11.6 Å². The Labute approximate surface area is 167 Å². The molecule has 1 amide bonds. The van der Waals surface area contributed by atoms with Crippen LogP contribution >= 0.6 is 23.4 Å². The molecule has 1 N–H and O–H groups in total. The van der Waals surface area contributed by atoms with Crippen LogP contribution in [0.1, 0.15) is 5.56 Å². The van der Waals surface area contributed by atoms with Crippen LogP contribution in [-0.4, -0.2) is 26.4 Å². The van der Waals surface area contributed by atoms with Crippen LogP contribution in [0.5, 0.6) is 0 Å². The molecule has 0 fully saturated rings. The molecule has 0 saturated heterocycles. The predicted octanol–water partition coefficient (Wildman–Crippen LogP) is 4.89. The van der Waals surface area contributed by atoms with E-state index >= 15 is 0 Å². The first-order valence-corrected chi connectivity index (χ1v) is 9.36. The van der Waals surface area contributed by atoms with Crippen molar-refractivity contribution < 1.29 is 18.0 Å². The fourth-order valence-corrected chi connectivity index (χ4v) is 3.32. The van der Waals surface area contributed by atoms with Crippen molar-refractivity contribution in [3.63, 3.8) is 0 Å². The van der Waals surface area contributed by atoms with Crippen LogP contribution in [0.2, 0.25) is 5.02 Å². The minimum atomic E-state index is -4.41. The van der Waals surface area contributed by atoms with Crippen LogP contribution in [0.15, 0.2) is 53.7 Å². The van der Waals surface area contributed by atoms with Crippen LogP contribution in [0.25, 0.3) is 11.4 Å². The lowest BCUT2D eigenvalue weighted by molar-refractivity contribution is -0.137. The van der Waals surface area contributed by atoms with E-state index in [1.807, 2.05) is 18.2 Å². The van der Waals surface area contributed by atoms with Gasteiger partial charge in [-0.2, -0.15) is 13.2 Å². The van der Waals surface area contributed by atoms with Crippen LogP contribution in [-0.2, 0) is 18.0 Å². The van der Waals surface area contributed by atoms with Crippen molar-refractivity contribution in [1.82, 2.24) is 14.8 Å². The number of halogens is 4. The van der Waals surface area contributed by atoms with Crippen LogP contribution in [0.4, 0.5) is 18.9 Å². The van der Waals surface area contributed by atoms with Gasteiger partial charge in [-0.3, -0.25) is 4.79 Å². The van der Waals surface area contributed by atoms with E-state index in [9.17, 15) is 18.0 Å². The van der Waals surface area contributed by atoms with Gasteiger partial charge in [0.2, 0.25) is 5.91 Å². The highest BCUT2D eigenvalue weighted by Crippen LogP contribution is 2.30. The Bertz CT molecular complexity index is 989. The zero-order valence-electron chi connectivity index (χ0n) is 14.5. The molecule has 0 atom stereocenters. The number of amides is 1. The number of alkyl halides is 3. The summed E-state index contributed by atoms with van der Waals surface area (Å²) in [5.41, 5.74) is 0.236. The third-order valence-corrected chi connectivity index (χ3v) is 5.13. The number of carbonyl (C=O) groups is 1. The molecule has 146 valence electrons. The zero-order chi connectivity index (χ0) is 20.3. The van der Waals surface area contributed by atoms with E-state index in [0.717, 1.165) is 29.5 Å². The van der Waals surface area contributed by atoms with E-state index in [-0.39, 0.29) is 17.3 Å². The summed E-state index contributed by atoms with van der Waals surface area (Å²) in [5.74, 6) is 0.221. The van der Waals surface area contributed by atoms with Crippen LogP contribution in [0, 0.1) is 0 Å². The average Bonchev–Trinajstić information content (AvgIpc) is 3.00. The Hall–Kier alpha value is -2.52. The number of thioether (sulfide) groups is 1. The molecule has 3 aromatic rings. The van der Waals surface area contributed by atoms with Gasteiger partial charge in [0.15, 0.2) is 11.0 Å². The van der Waals surface area contributed by atoms with Crippen molar-refractivity contribution >= 4 is 35.0 Å². The molecular weight excluding hydrogens is 413 g/mol. The summed E-state index contributed by atoms with van der Waals surface area (Å²) in [6, 6.07) is 11.5. The third-order valence-electron chi connectivity index (χ3n) is 3.78. The summed E-state index contributed by atoms with van der Waals surface area (Å²) in [6.45, 7) is 0. The van der Waals surface area contributed by atoms with Gasteiger partial charge in [-0.05, 0) is 36.4 Å². The molecule has 0 radical (unpaired) electrons. The fourth-order valence-electron chi connectivity index (χ4n) is 2.39. The van der Waals surface area contributed by atoms with Crippen LogP contribution < -0.4 is 5.32 Å². The third kappa shape index (κ3) is 4.66. The zero-order valence-corrected chi connectivity index (χ0v) is 16.1. The minimum Gasteiger partial charge on any atom is -0.325 e. The molecule has 2 aromatic carbocycles. The Kier molecular flexibility index (Phi) is 5.95. The Balaban J connectivity index is 1.62. The molecule has 0 unspecified atom stereocenters. The molecule has 3 rings (SSSR count). The van der Waals surface area contributed by atoms with Crippen molar-refractivity contribution in [3.05, 3.63) is 59.1 Å². The lowest BCUT2D eigenvalue weighted by Crippen LogP contribution is -2.14. The van der Waals surface area contributed by atoms with Crippen LogP contribution in [0.3, 0.4) is 0 Å². The number of rotatable bonds is 5. The first kappa shape index (κ1) is 20.2. The smallest absolute Gasteiger partial charge is 0.325 e. The van der Waals surface area contributed by atoms with E-state index < -0.39 is 11.7 Å². The van der Waals surface area contributed by atoms with Gasteiger partial charge in [-0.1, -0.05) is 35.5 Å². The highest BCUT2D eigenvalue weighted by atomic mass is 35.5. The first-order chi connectivity index (χ1) is 13.3. The lowest BCUT2D eigenvalue weighted by Gasteiger charge is -2.09. The molecule has 5 nitrogen and oxygen atoms in total. The number of benzene rings is 2. The molecule has 0 spiro atoms. The maximum Gasteiger partial charge on any atom is 0.416 e. The SMILES string of the molecule is Cn1c(SCC(=O)Nc2ccc(C(F)(F)F)cc2)nnc1-c1ccccc1Cl. The van der Waals surface area contributed by atoms with Gasteiger partial charge >= 0.3 is 6.18 Å². The topological polar surface area (TPSA) is 59.8 Å². The average molecular weight is 427 g/mol. The number of carbonyl (C=O) groups excluding carboxylic acids is 1. The number of nitrogens with zero attached hydrogens (tertiary/aromatic N) is 3. The number of nitrogens with one attached hydrogen (secondary N) is 1. The second-order valence-electron chi connectivity index (χ2n) is 5.76. The second kappa shape index (κ2) is 8.24. The molecule has 0 saturated carbocycles. The second-order valence-corrected chi connectivity index (χ2v) is 7.11. The summed E-state index contributed by atoms with van der Waals surface area (Å²) >= 11 is 7.33. The summed E-state index contributed by atoms with van der Waals surface area (Å²) in [6.07, 6.45) is -4.41. The van der Waals surface area contributed by atoms with Gasteiger partial charge in [0.05, 0.1) is 16.3 Å². The molecule has 28 heavy (non-hydrogen) atoms. The standard InChI is InChI=1S/C18H14ClF3N4OS/c1-26-16(13-4-2-3-5-14(13)19)24-25-17(26)28-10-15(27)23-12-8-6-11(7-9-12)18(20,21)22/h2-9H,10H2,1H3,(H,23,27). The predicted molar refractivity (Wildman–Crippen MR) is 102 cm³/mol. The van der Waals surface area contributed by atoms with E-state index in [1.165, 1.54) is 12.1 Å². The first-order valence-electron chi connectivity index (χ1n) is 8.00. The molecule has 0 aliphatic carbocycles. The Morgan fingerprint density at radius 1 is 1.14 bits per heavy atom. The maximum atomic E-state index is 12.6. The number of anilines is 1. The van der Waals surface area contributed by atoms with E-state index in [2.05, 4.69) is 15.5 Å². The quantitative estimate of drug-likeness (QED) is 0.590. The normalized spacial score (nSPS) is 11.5. The Morgan fingerprint density at radius 2 is 1.82 bits per heavy atom. The van der Waals surface area contributed by atoms with Crippen molar-refractivity contribution in [3.8, 4) is 11.4 Å². The monoisotopic (exact) mass is 426 g/mol. The summed E-state index contributed by atoms with van der Waals surface area (Å²) < 4.78 is 39.4. The van der Waals surface area contributed by atoms with Gasteiger partial charge in [-0.15, -0.1) is 10.2 Å². The van der Waals surface area contributed by atoms with Crippen molar-refractivity contribution in [2.45, 2.75) is 11.3 Å². The molecule has 1 heterocycles. The number of hydrogen-bond acceptors (Lipinski definition) is 4. The van der Waals surface area contributed by atoms with Gasteiger partial charge in [0, 0.05) is 18.3 Å². The van der Waals surface area contributed by atoms with Gasteiger partial charge < -0.3 is 9.88 Å². The summed E-state index contributed by atoms with van der Waals surface area (Å²) in [7, 11) is 1.76. The Morgan fingerprint density at radius 3 is 2.46 bits per heavy atom. The van der Waals surface area contributed by atoms with Gasteiger partial charge in [-0.25, -0.2) is 0 Å². The highest BCUT2D eigenvalue weighted by Gasteiger charge is 2.30. The van der Waals surface area contributed by atoms with E-state index in [1.54, 1.807) is 17.7 Å². The molecule has 0 aliphatic rings. The molecule has 0 aliphatic heterocycles. The summed E-state index contributed by atoms with van der Waals surface area (Å²) in [5, 5.41) is 11.8. The number of hydrogen-bond donors (Lipinski definition) is 1. The number of aromatic nitrogens is 3. The molecular formula is C18H14ClF3N4OS. The van der Waals surface area contributed by atoms with Crippen molar-refractivity contribution in [2.24, 2.45) is 7.05 Å². The maximum absolute atomic E-state index is 12.6. The van der Waals surface area contributed by atoms with Gasteiger partial charge in [0.1, 0.15) is 0 Å². The van der Waals surface area contributed by atoms with Crippen molar-refractivity contribution in [2.75, 3.05) is 11.1 Å².